The lowest BCUT2D eigenvalue weighted by atomic mass is 9.67. The lowest BCUT2D eigenvalue weighted by Gasteiger charge is -2.59. The van der Waals surface area contributed by atoms with E-state index in [1.807, 2.05) is 0 Å². The maximum absolute atomic E-state index is 6.68. The Morgan fingerprint density at radius 3 is 2.44 bits per heavy atom. The average molecular weight is 239 g/mol. The number of rotatable bonds is 0. The minimum Gasteiger partial charge on any atom is -0.353 e. The van der Waals surface area contributed by atoms with Gasteiger partial charge in [-0.2, -0.15) is 11.8 Å². The van der Waals surface area contributed by atoms with Crippen LogP contribution < -0.4 is 5.32 Å². The quantitative estimate of drug-likeness (QED) is 0.702. The first-order valence-electron chi connectivity index (χ1n) is 6.81. The third kappa shape index (κ3) is 1.23. The van der Waals surface area contributed by atoms with Crippen LogP contribution in [0.2, 0.25) is 0 Å². The van der Waals surface area contributed by atoms with Crippen molar-refractivity contribution < 1.29 is 4.74 Å². The molecule has 3 heteroatoms. The Bertz CT molecular complexity index is 303. The van der Waals surface area contributed by atoms with Crippen LogP contribution in [0, 0.1) is 5.41 Å². The van der Waals surface area contributed by atoms with Crippen molar-refractivity contribution in [3.63, 3.8) is 0 Å². The first-order chi connectivity index (χ1) is 7.79. The van der Waals surface area contributed by atoms with E-state index in [2.05, 4.69) is 17.1 Å². The number of hydrogen-bond acceptors (Lipinski definition) is 3. The van der Waals surface area contributed by atoms with Gasteiger partial charge in [0.15, 0.2) is 0 Å². The molecule has 4 aliphatic rings. The molecule has 0 amide bonds. The van der Waals surface area contributed by atoms with E-state index in [9.17, 15) is 0 Å². The summed E-state index contributed by atoms with van der Waals surface area (Å²) in [6.07, 6.45) is 9.43. The molecule has 0 aromatic heterocycles. The molecule has 3 spiro atoms. The fraction of sp³-hybridized carbons (Fsp3) is 1.00. The second-order valence-electron chi connectivity index (χ2n) is 6.23. The first kappa shape index (κ1) is 10.2. The summed E-state index contributed by atoms with van der Waals surface area (Å²) in [5.41, 5.74) is 0.909. The van der Waals surface area contributed by atoms with Gasteiger partial charge in [-0.25, -0.2) is 0 Å². The highest BCUT2D eigenvalue weighted by Crippen LogP contribution is 2.65. The molecule has 4 rings (SSSR count). The largest absolute Gasteiger partial charge is 0.353 e. The highest BCUT2D eigenvalue weighted by molar-refractivity contribution is 7.99. The summed E-state index contributed by atoms with van der Waals surface area (Å²) in [6, 6.07) is 0. The van der Waals surface area contributed by atoms with Crippen LogP contribution in [0.3, 0.4) is 0 Å². The minimum absolute atomic E-state index is 0.0528. The van der Waals surface area contributed by atoms with Crippen molar-refractivity contribution in [3.05, 3.63) is 0 Å². The molecule has 1 atom stereocenters. The van der Waals surface area contributed by atoms with Crippen molar-refractivity contribution in [1.82, 2.24) is 5.32 Å². The van der Waals surface area contributed by atoms with Crippen molar-refractivity contribution in [1.29, 1.82) is 0 Å². The van der Waals surface area contributed by atoms with Crippen molar-refractivity contribution in [2.75, 3.05) is 18.1 Å². The fourth-order valence-corrected chi connectivity index (χ4v) is 5.04. The van der Waals surface area contributed by atoms with Crippen LogP contribution in [0.4, 0.5) is 0 Å². The third-order valence-corrected chi connectivity index (χ3v) is 6.57. The fourth-order valence-electron chi connectivity index (χ4n) is 3.91. The van der Waals surface area contributed by atoms with Gasteiger partial charge in [-0.05, 0) is 50.7 Å². The van der Waals surface area contributed by atoms with Crippen LogP contribution in [0.1, 0.15) is 44.9 Å². The normalized spacial score (nSPS) is 43.5. The van der Waals surface area contributed by atoms with E-state index in [0.717, 1.165) is 0 Å². The molecule has 0 aromatic carbocycles. The van der Waals surface area contributed by atoms with Gasteiger partial charge in [-0.1, -0.05) is 0 Å². The molecule has 2 aliphatic heterocycles. The van der Waals surface area contributed by atoms with Crippen molar-refractivity contribution in [3.8, 4) is 0 Å². The SMILES string of the molecule is C1CSCC2(C1)NCC1(CC1)C1(CCC1)O2. The summed E-state index contributed by atoms with van der Waals surface area (Å²) in [6.45, 7) is 1.23. The number of fused-ring (bicyclic) bond motifs is 1. The molecular weight excluding hydrogens is 218 g/mol. The van der Waals surface area contributed by atoms with Gasteiger partial charge in [0.1, 0.15) is 5.72 Å². The molecule has 16 heavy (non-hydrogen) atoms. The van der Waals surface area contributed by atoms with Crippen LogP contribution in [0.25, 0.3) is 0 Å². The zero-order chi connectivity index (χ0) is 10.7. The zero-order valence-corrected chi connectivity index (χ0v) is 10.7. The minimum atomic E-state index is 0.0528. The second-order valence-corrected chi connectivity index (χ2v) is 7.34. The van der Waals surface area contributed by atoms with Crippen LogP contribution in [0.15, 0.2) is 0 Å². The summed E-state index contributed by atoms with van der Waals surface area (Å²) in [5.74, 6) is 2.50. The Morgan fingerprint density at radius 1 is 1.00 bits per heavy atom. The lowest BCUT2D eigenvalue weighted by molar-refractivity contribution is -0.259. The van der Waals surface area contributed by atoms with Gasteiger partial charge in [0.05, 0.1) is 5.60 Å². The molecule has 0 radical (unpaired) electrons. The molecule has 0 aromatic rings. The van der Waals surface area contributed by atoms with E-state index < -0.39 is 0 Å². The second kappa shape index (κ2) is 3.18. The van der Waals surface area contributed by atoms with E-state index in [-0.39, 0.29) is 5.72 Å². The number of hydrogen-bond donors (Lipinski definition) is 1. The number of ether oxygens (including phenoxy) is 1. The van der Waals surface area contributed by atoms with Crippen LogP contribution >= 0.6 is 11.8 Å². The van der Waals surface area contributed by atoms with Crippen molar-refractivity contribution in [2.45, 2.75) is 56.3 Å². The molecule has 1 N–H and O–H groups in total. The Hall–Kier alpha value is 0.270. The van der Waals surface area contributed by atoms with Crippen LogP contribution in [0.5, 0.6) is 0 Å². The van der Waals surface area contributed by atoms with Gasteiger partial charge in [-0.3, -0.25) is 5.32 Å². The van der Waals surface area contributed by atoms with E-state index in [1.54, 1.807) is 0 Å². The molecular formula is C13H21NOS. The predicted molar refractivity (Wildman–Crippen MR) is 66.6 cm³/mol. The standard InChI is InChI=1S/C13H21NOS/c1-3-12(4-1)11(6-7-11)9-14-13(15-12)5-2-8-16-10-13/h14H,1-10H2. The molecule has 0 bridgehead atoms. The van der Waals surface area contributed by atoms with Gasteiger partial charge >= 0.3 is 0 Å². The van der Waals surface area contributed by atoms with Gasteiger partial charge in [0.25, 0.3) is 0 Å². The summed E-state index contributed by atoms with van der Waals surface area (Å²) in [7, 11) is 0. The summed E-state index contributed by atoms with van der Waals surface area (Å²) < 4.78 is 6.68. The summed E-state index contributed by atoms with van der Waals surface area (Å²) in [5, 5.41) is 3.77. The Labute approximate surface area is 102 Å². The topological polar surface area (TPSA) is 21.3 Å². The molecule has 2 saturated carbocycles. The Balaban J connectivity index is 1.60. The van der Waals surface area contributed by atoms with Gasteiger partial charge in [0.2, 0.25) is 0 Å². The van der Waals surface area contributed by atoms with Crippen LogP contribution in [-0.4, -0.2) is 29.4 Å². The van der Waals surface area contributed by atoms with Crippen LogP contribution in [-0.2, 0) is 4.74 Å². The van der Waals surface area contributed by atoms with Crippen molar-refractivity contribution >= 4 is 11.8 Å². The molecule has 4 fully saturated rings. The molecule has 1 unspecified atom stereocenters. The maximum Gasteiger partial charge on any atom is 0.129 e. The number of thioether (sulfide) groups is 1. The molecule has 2 nitrogen and oxygen atoms in total. The van der Waals surface area contributed by atoms with Gasteiger partial charge in [0, 0.05) is 17.7 Å². The van der Waals surface area contributed by atoms with Crippen molar-refractivity contribution in [2.24, 2.45) is 5.41 Å². The molecule has 2 aliphatic carbocycles. The highest BCUT2D eigenvalue weighted by Gasteiger charge is 2.67. The van der Waals surface area contributed by atoms with E-state index in [0.29, 0.717) is 11.0 Å². The maximum atomic E-state index is 6.68. The first-order valence-corrected chi connectivity index (χ1v) is 7.97. The Morgan fingerprint density at radius 2 is 1.88 bits per heavy atom. The smallest absolute Gasteiger partial charge is 0.129 e. The monoisotopic (exact) mass is 239 g/mol. The predicted octanol–water partition coefficient (Wildman–Crippen LogP) is 2.53. The molecule has 90 valence electrons. The van der Waals surface area contributed by atoms with E-state index in [4.69, 9.17) is 4.74 Å². The molecule has 2 saturated heterocycles. The van der Waals surface area contributed by atoms with E-state index in [1.165, 1.54) is 63.0 Å². The average Bonchev–Trinajstić information content (AvgIpc) is 3.03. The Kier molecular flexibility index (Phi) is 2.03. The summed E-state index contributed by atoms with van der Waals surface area (Å²) in [4.78, 5) is 0. The lowest BCUT2D eigenvalue weighted by Crippen LogP contribution is -2.68. The third-order valence-electron chi connectivity index (χ3n) is 5.33. The van der Waals surface area contributed by atoms with E-state index >= 15 is 0 Å². The highest BCUT2D eigenvalue weighted by atomic mass is 32.2. The molecule has 2 heterocycles. The summed E-state index contributed by atoms with van der Waals surface area (Å²) >= 11 is 2.07. The number of nitrogens with one attached hydrogen (secondary N) is 1. The van der Waals surface area contributed by atoms with Gasteiger partial charge < -0.3 is 4.74 Å². The zero-order valence-electron chi connectivity index (χ0n) is 9.89. The van der Waals surface area contributed by atoms with Gasteiger partial charge in [-0.15, -0.1) is 0 Å².